The van der Waals surface area contributed by atoms with Crippen molar-refractivity contribution in [2.45, 2.75) is 27.2 Å². The smallest absolute Gasteiger partial charge is 0.287 e. The van der Waals surface area contributed by atoms with Crippen molar-refractivity contribution in [3.8, 4) is 0 Å². The van der Waals surface area contributed by atoms with Gasteiger partial charge in [-0.1, -0.05) is 17.7 Å². The lowest BCUT2D eigenvalue weighted by molar-refractivity contribution is -0.384. The van der Waals surface area contributed by atoms with Gasteiger partial charge in [0.25, 0.3) is 11.6 Å². The number of carbonyl (C=O) groups excluding carboxylic acids is 2. The average Bonchev–Trinajstić information content (AvgIpc) is 2.58. The number of hydrogen-bond acceptors (Lipinski definition) is 5. The molecule has 0 heterocycles. The van der Waals surface area contributed by atoms with Crippen LogP contribution in [0.15, 0.2) is 41.5 Å². The molecule has 2 amide bonds. The highest BCUT2D eigenvalue weighted by Gasteiger charge is 2.15. The lowest BCUT2D eigenvalue weighted by Crippen LogP contribution is -2.21. The number of nitro groups is 1. The fourth-order valence-electron chi connectivity index (χ4n) is 2.53. The van der Waals surface area contributed by atoms with Crippen LogP contribution in [0.1, 0.15) is 34.8 Å². The number of carbonyl (C=O) groups is 2. The second-order valence-corrected chi connectivity index (χ2v) is 6.72. The summed E-state index contributed by atoms with van der Waals surface area (Å²) in [5, 5.41) is 17.3. The number of hydrogen-bond donors (Lipinski definition) is 2. The molecule has 0 bridgehead atoms. The molecule has 28 heavy (non-hydrogen) atoms. The SMILES string of the molecule is CC(CC(=O)Nc1cc(C)cc(C)c1)=NNC(=O)c1ccc([N+](=O)[O-])c(Cl)c1. The van der Waals surface area contributed by atoms with Crippen molar-refractivity contribution in [2.75, 3.05) is 5.32 Å². The van der Waals surface area contributed by atoms with Crippen LogP contribution in [0.2, 0.25) is 5.02 Å². The maximum atomic E-state index is 12.1. The number of nitrogens with zero attached hydrogens (tertiary/aromatic N) is 2. The maximum absolute atomic E-state index is 12.1. The minimum atomic E-state index is -0.638. The Balaban J connectivity index is 1.96. The molecule has 0 spiro atoms. The van der Waals surface area contributed by atoms with Gasteiger partial charge in [0.2, 0.25) is 5.91 Å². The molecule has 2 aromatic carbocycles. The van der Waals surface area contributed by atoms with E-state index in [9.17, 15) is 19.7 Å². The second-order valence-electron chi connectivity index (χ2n) is 6.31. The molecule has 2 aromatic rings. The van der Waals surface area contributed by atoms with E-state index in [0.29, 0.717) is 11.4 Å². The normalized spacial score (nSPS) is 11.1. The first kappa shape index (κ1) is 21.0. The van der Waals surface area contributed by atoms with Crippen LogP contribution in [-0.4, -0.2) is 22.4 Å². The number of halogens is 1. The number of nitro benzene ring substituents is 1. The van der Waals surface area contributed by atoms with Crippen molar-refractivity contribution in [3.05, 3.63) is 68.2 Å². The van der Waals surface area contributed by atoms with E-state index in [2.05, 4.69) is 15.8 Å². The number of hydrazone groups is 1. The Hall–Kier alpha value is -3.26. The first-order valence-electron chi connectivity index (χ1n) is 8.31. The predicted molar refractivity (Wildman–Crippen MR) is 108 cm³/mol. The van der Waals surface area contributed by atoms with Gasteiger partial charge < -0.3 is 5.32 Å². The summed E-state index contributed by atoms with van der Waals surface area (Å²) in [5.41, 5.74) is 5.29. The zero-order valence-corrected chi connectivity index (χ0v) is 16.3. The molecule has 2 N–H and O–H groups in total. The van der Waals surface area contributed by atoms with Crippen LogP contribution in [0, 0.1) is 24.0 Å². The van der Waals surface area contributed by atoms with Crippen molar-refractivity contribution in [3.63, 3.8) is 0 Å². The summed E-state index contributed by atoms with van der Waals surface area (Å²) in [6.07, 6.45) is -0.00567. The number of nitrogens with one attached hydrogen (secondary N) is 2. The predicted octanol–water partition coefficient (Wildman–Crippen LogP) is 4.00. The minimum absolute atomic E-state index is 0.00567. The second kappa shape index (κ2) is 9.09. The molecule has 0 aliphatic carbocycles. The number of aryl methyl sites for hydroxylation is 2. The van der Waals surface area contributed by atoms with Crippen molar-refractivity contribution >= 4 is 40.5 Å². The molecule has 0 aliphatic rings. The molecule has 0 unspecified atom stereocenters. The number of rotatable bonds is 6. The summed E-state index contributed by atoms with van der Waals surface area (Å²) in [6.45, 7) is 5.48. The van der Waals surface area contributed by atoms with Gasteiger partial charge in [-0.05, 0) is 56.2 Å². The van der Waals surface area contributed by atoms with E-state index >= 15 is 0 Å². The Morgan fingerprint density at radius 3 is 2.36 bits per heavy atom. The van der Waals surface area contributed by atoms with E-state index in [1.54, 1.807) is 6.92 Å². The summed E-state index contributed by atoms with van der Waals surface area (Å²) < 4.78 is 0. The molecular formula is C19H19ClN4O4. The van der Waals surface area contributed by atoms with Crippen LogP contribution in [-0.2, 0) is 4.79 Å². The number of amides is 2. The highest BCUT2D eigenvalue weighted by molar-refractivity contribution is 6.33. The van der Waals surface area contributed by atoms with Gasteiger partial charge in [-0.3, -0.25) is 19.7 Å². The molecule has 0 saturated carbocycles. The fraction of sp³-hybridized carbons (Fsp3) is 0.211. The van der Waals surface area contributed by atoms with Crippen LogP contribution in [0.4, 0.5) is 11.4 Å². The van der Waals surface area contributed by atoms with Gasteiger partial charge in [0.1, 0.15) is 5.02 Å². The summed E-state index contributed by atoms with van der Waals surface area (Å²) in [6, 6.07) is 9.33. The Kier molecular flexibility index (Phi) is 6.84. The molecule has 8 nitrogen and oxygen atoms in total. The van der Waals surface area contributed by atoms with Crippen LogP contribution < -0.4 is 10.7 Å². The Morgan fingerprint density at radius 2 is 1.79 bits per heavy atom. The van der Waals surface area contributed by atoms with Gasteiger partial charge in [-0.2, -0.15) is 5.10 Å². The molecule has 0 aliphatic heterocycles. The zero-order valence-electron chi connectivity index (χ0n) is 15.6. The van der Waals surface area contributed by atoms with E-state index < -0.39 is 10.8 Å². The average molecular weight is 403 g/mol. The van der Waals surface area contributed by atoms with Crippen LogP contribution in [0.25, 0.3) is 0 Å². The molecule has 0 saturated heterocycles. The van der Waals surface area contributed by atoms with Gasteiger partial charge in [0, 0.05) is 23.0 Å². The van der Waals surface area contributed by atoms with Crippen molar-refractivity contribution in [1.29, 1.82) is 0 Å². The highest BCUT2D eigenvalue weighted by atomic mass is 35.5. The fourth-order valence-corrected chi connectivity index (χ4v) is 2.78. The van der Waals surface area contributed by atoms with Crippen molar-refractivity contribution in [1.82, 2.24) is 5.43 Å². The topological polar surface area (TPSA) is 114 Å². The van der Waals surface area contributed by atoms with E-state index in [4.69, 9.17) is 11.6 Å². The Morgan fingerprint density at radius 1 is 1.14 bits per heavy atom. The lowest BCUT2D eigenvalue weighted by Gasteiger charge is -2.08. The third-order valence-electron chi connectivity index (χ3n) is 3.68. The quantitative estimate of drug-likeness (QED) is 0.431. The van der Waals surface area contributed by atoms with E-state index in [0.717, 1.165) is 17.2 Å². The Bertz CT molecular complexity index is 952. The molecule has 9 heteroatoms. The minimum Gasteiger partial charge on any atom is -0.326 e. The molecule has 0 aromatic heterocycles. The summed E-state index contributed by atoms with van der Waals surface area (Å²) in [7, 11) is 0. The lowest BCUT2D eigenvalue weighted by atomic mass is 10.1. The monoisotopic (exact) mass is 402 g/mol. The van der Waals surface area contributed by atoms with Gasteiger partial charge in [-0.15, -0.1) is 0 Å². The summed E-state index contributed by atoms with van der Waals surface area (Å²) >= 11 is 5.79. The zero-order chi connectivity index (χ0) is 20.8. The first-order valence-corrected chi connectivity index (χ1v) is 8.69. The van der Waals surface area contributed by atoms with E-state index in [1.165, 1.54) is 12.1 Å². The summed E-state index contributed by atoms with van der Waals surface area (Å²) in [5.74, 6) is -0.857. The highest BCUT2D eigenvalue weighted by Crippen LogP contribution is 2.24. The van der Waals surface area contributed by atoms with E-state index in [-0.39, 0.29) is 28.6 Å². The maximum Gasteiger partial charge on any atom is 0.287 e. The van der Waals surface area contributed by atoms with Crippen molar-refractivity contribution in [2.24, 2.45) is 5.10 Å². The van der Waals surface area contributed by atoms with Crippen LogP contribution >= 0.6 is 11.6 Å². The van der Waals surface area contributed by atoms with Crippen molar-refractivity contribution < 1.29 is 14.5 Å². The van der Waals surface area contributed by atoms with Crippen LogP contribution in [0.5, 0.6) is 0 Å². The molecule has 0 fully saturated rings. The molecule has 2 rings (SSSR count). The molecule has 146 valence electrons. The van der Waals surface area contributed by atoms with Gasteiger partial charge in [-0.25, -0.2) is 5.43 Å². The number of benzene rings is 2. The van der Waals surface area contributed by atoms with Crippen LogP contribution in [0.3, 0.4) is 0 Å². The third-order valence-corrected chi connectivity index (χ3v) is 3.98. The van der Waals surface area contributed by atoms with E-state index in [1.807, 2.05) is 32.0 Å². The van der Waals surface area contributed by atoms with Gasteiger partial charge >= 0.3 is 0 Å². The molecule has 0 radical (unpaired) electrons. The standard InChI is InChI=1S/C19H19ClN4O4/c1-11-6-12(2)8-15(7-11)21-18(25)9-13(3)22-23-19(26)14-4-5-17(24(27)28)16(20)10-14/h4-8,10H,9H2,1-3H3,(H,21,25)(H,23,26). The van der Waals surface area contributed by atoms with Gasteiger partial charge in [0.05, 0.1) is 11.3 Å². The number of anilines is 1. The molecular weight excluding hydrogens is 384 g/mol. The van der Waals surface area contributed by atoms with Gasteiger partial charge in [0.15, 0.2) is 0 Å². The molecule has 0 atom stereocenters. The first-order chi connectivity index (χ1) is 13.2. The third kappa shape index (κ3) is 5.88. The summed E-state index contributed by atoms with van der Waals surface area (Å²) in [4.78, 5) is 34.3. The largest absolute Gasteiger partial charge is 0.326 e. The Labute approximate surface area is 166 Å².